The molecule has 39 heavy (non-hydrogen) atoms. The van der Waals surface area contributed by atoms with Gasteiger partial charge in [0.2, 0.25) is 0 Å². The van der Waals surface area contributed by atoms with Gasteiger partial charge in [0.25, 0.3) is 5.91 Å². The van der Waals surface area contributed by atoms with Gasteiger partial charge in [-0.2, -0.15) is 13.2 Å². The van der Waals surface area contributed by atoms with Crippen LogP contribution in [-0.2, 0) is 15.1 Å². The number of halogens is 5. The predicted octanol–water partition coefficient (Wildman–Crippen LogP) is 6.48. The molecule has 1 amide bonds. The lowest BCUT2D eigenvalue weighted by Gasteiger charge is -2.38. The molecule has 12 heteroatoms. The first-order valence-corrected chi connectivity index (χ1v) is 12.2. The first-order valence-electron chi connectivity index (χ1n) is 11.5. The summed E-state index contributed by atoms with van der Waals surface area (Å²) in [4.78, 5) is 25.1. The molecule has 0 fully saturated rings. The normalized spacial score (nSPS) is 15.6. The van der Waals surface area contributed by atoms with Crippen molar-refractivity contribution in [2.24, 2.45) is 0 Å². The van der Waals surface area contributed by atoms with Gasteiger partial charge in [-0.1, -0.05) is 42.3 Å². The van der Waals surface area contributed by atoms with Crippen LogP contribution in [0.5, 0.6) is 17.2 Å². The fourth-order valence-electron chi connectivity index (χ4n) is 4.29. The van der Waals surface area contributed by atoms with Gasteiger partial charge >= 0.3 is 12.1 Å². The number of anilines is 1. The van der Waals surface area contributed by atoms with E-state index in [9.17, 15) is 27.9 Å². The van der Waals surface area contributed by atoms with Gasteiger partial charge in [-0.3, -0.25) is 4.79 Å². The predicted molar refractivity (Wildman–Crippen MR) is 138 cm³/mol. The van der Waals surface area contributed by atoms with Crippen LogP contribution in [0.15, 0.2) is 54.6 Å². The molecular formula is C27H22Cl2F3NO6. The Balaban J connectivity index is 1.69. The van der Waals surface area contributed by atoms with E-state index in [-0.39, 0.29) is 50.7 Å². The average molecular weight is 584 g/mol. The Kier molecular flexibility index (Phi) is 7.75. The van der Waals surface area contributed by atoms with Crippen LogP contribution in [0.2, 0.25) is 10.0 Å². The van der Waals surface area contributed by atoms with Gasteiger partial charge in [0.1, 0.15) is 17.2 Å². The van der Waals surface area contributed by atoms with E-state index >= 15 is 0 Å². The maximum Gasteiger partial charge on any atom is 0.422 e. The summed E-state index contributed by atoms with van der Waals surface area (Å²) < 4.78 is 59.2. The second-order valence-corrected chi connectivity index (χ2v) is 9.64. The summed E-state index contributed by atoms with van der Waals surface area (Å²) in [5.74, 6) is -2.11. The number of alkyl halides is 3. The van der Waals surface area contributed by atoms with Crippen LogP contribution in [0, 0.1) is 0 Å². The molecular weight excluding hydrogens is 562 g/mol. The SMILES string of the molecule is COC(=O)c1cc(Oc2ccc(C(C)C(O)(c3ccc4c(c3)N(C)C(=O)CO4)C(F)(F)F)c(Cl)c2)ccc1Cl. The first kappa shape index (κ1) is 28.5. The Labute approximate surface area is 231 Å². The van der Waals surface area contributed by atoms with Crippen molar-refractivity contribution in [2.45, 2.75) is 24.6 Å². The van der Waals surface area contributed by atoms with Crippen molar-refractivity contribution in [3.05, 3.63) is 81.3 Å². The minimum absolute atomic E-state index is 0.00593. The van der Waals surface area contributed by atoms with Crippen molar-refractivity contribution in [1.29, 1.82) is 0 Å². The molecule has 1 N–H and O–H groups in total. The number of ether oxygens (including phenoxy) is 3. The molecule has 3 aromatic rings. The highest BCUT2D eigenvalue weighted by Gasteiger charge is 2.59. The van der Waals surface area contributed by atoms with Crippen molar-refractivity contribution < 1.29 is 42.1 Å². The molecule has 0 aliphatic carbocycles. The maximum atomic E-state index is 14.5. The zero-order valence-electron chi connectivity index (χ0n) is 20.8. The standard InChI is InChI=1S/C27H22Cl2F3NO6/c1-14(26(36,27(30,31)32)15-4-9-23-22(10-15)33(2)24(34)13-38-23)18-7-5-17(12-21(18)29)39-16-6-8-20(28)19(11-16)25(35)37-3/h4-12,14,36H,13H2,1-3H3. The van der Waals surface area contributed by atoms with E-state index < -0.39 is 35.1 Å². The number of fused-ring (bicyclic) bond motifs is 1. The number of hydrogen-bond donors (Lipinski definition) is 1. The molecule has 0 radical (unpaired) electrons. The van der Waals surface area contributed by atoms with Crippen molar-refractivity contribution in [1.82, 2.24) is 0 Å². The number of amides is 1. The minimum atomic E-state index is -5.12. The molecule has 3 aromatic carbocycles. The van der Waals surface area contributed by atoms with E-state index in [1.165, 1.54) is 68.4 Å². The van der Waals surface area contributed by atoms with Crippen LogP contribution in [0.1, 0.15) is 34.3 Å². The molecule has 2 atom stereocenters. The number of methoxy groups -OCH3 is 1. The molecule has 7 nitrogen and oxygen atoms in total. The second kappa shape index (κ2) is 10.6. The van der Waals surface area contributed by atoms with Crippen LogP contribution in [0.4, 0.5) is 18.9 Å². The number of nitrogens with zero attached hydrogens (tertiary/aromatic N) is 1. The molecule has 4 rings (SSSR count). The second-order valence-electron chi connectivity index (χ2n) is 8.83. The average Bonchev–Trinajstić information content (AvgIpc) is 2.90. The number of likely N-dealkylation sites (N-methyl/N-ethyl adjacent to an activating group) is 1. The highest BCUT2D eigenvalue weighted by molar-refractivity contribution is 6.33. The van der Waals surface area contributed by atoms with Gasteiger partial charge in [0, 0.05) is 18.0 Å². The summed E-state index contributed by atoms with van der Waals surface area (Å²) >= 11 is 12.4. The van der Waals surface area contributed by atoms with E-state index in [1.54, 1.807) is 0 Å². The Morgan fingerprint density at radius 2 is 1.72 bits per heavy atom. The van der Waals surface area contributed by atoms with Gasteiger partial charge in [-0.25, -0.2) is 4.79 Å². The third-order valence-electron chi connectivity index (χ3n) is 6.56. The van der Waals surface area contributed by atoms with E-state index in [2.05, 4.69) is 4.74 Å². The van der Waals surface area contributed by atoms with Crippen LogP contribution in [0.3, 0.4) is 0 Å². The Hall–Kier alpha value is -3.47. The monoisotopic (exact) mass is 583 g/mol. The Bertz CT molecular complexity index is 1450. The molecule has 206 valence electrons. The van der Waals surface area contributed by atoms with Gasteiger partial charge in [0.15, 0.2) is 12.2 Å². The number of rotatable bonds is 6. The Morgan fingerprint density at radius 1 is 1.05 bits per heavy atom. The fourth-order valence-corrected chi connectivity index (χ4v) is 4.82. The largest absolute Gasteiger partial charge is 0.482 e. The molecule has 0 saturated carbocycles. The summed E-state index contributed by atoms with van der Waals surface area (Å²) in [6, 6.07) is 11.7. The Morgan fingerprint density at radius 3 is 2.36 bits per heavy atom. The van der Waals surface area contributed by atoms with Crippen molar-refractivity contribution in [3.63, 3.8) is 0 Å². The molecule has 0 aromatic heterocycles. The first-order chi connectivity index (χ1) is 18.3. The zero-order chi connectivity index (χ0) is 28.7. The summed E-state index contributed by atoms with van der Waals surface area (Å²) in [6.07, 6.45) is -5.12. The molecule has 0 spiro atoms. The number of esters is 1. The zero-order valence-corrected chi connectivity index (χ0v) is 22.3. The van der Waals surface area contributed by atoms with Gasteiger partial charge in [-0.15, -0.1) is 0 Å². The van der Waals surface area contributed by atoms with E-state index in [1.807, 2.05) is 0 Å². The van der Waals surface area contributed by atoms with Crippen LogP contribution >= 0.6 is 23.2 Å². The third-order valence-corrected chi connectivity index (χ3v) is 7.22. The third kappa shape index (κ3) is 5.24. The summed E-state index contributed by atoms with van der Waals surface area (Å²) in [7, 11) is 2.61. The van der Waals surface area contributed by atoms with E-state index in [0.29, 0.717) is 0 Å². The molecule has 1 aliphatic rings. The number of hydrogen-bond acceptors (Lipinski definition) is 6. The molecule has 1 aliphatic heterocycles. The van der Waals surface area contributed by atoms with Gasteiger partial charge in [0.05, 0.1) is 23.4 Å². The van der Waals surface area contributed by atoms with Crippen molar-refractivity contribution >= 4 is 40.8 Å². The van der Waals surface area contributed by atoms with Gasteiger partial charge in [-0.05, 0) is 53.6 Å². The summed E-state index contributed by atoms with van der Waals surface area (Å²) in [6.45, 7) is 0.953. The van der Waals surface area contributed by atoms with Crippen LogP contribution < -0.4 is 14.4 Å². The lowest BCUT2D eigenvalue weighted by Crippen LogP contribution is -2.47. The number of carbonyl (C=O) groups excluding carboxylic acids is 2. The minimum Gasteiger partial charge on any atom is -0.482 e. The maximum absolute atomic E-state index is 14.5. The van der Waals surface area contributed by atoms with Crippen molar-refractivity contribution in [2.75, 3.05) is 25.7 Å². The van der Waals surface area contributed by atoms with Crippen LogP contribution in [0.25, 0.3) is 0 Å². The highest BCUT2D eigenvalue weighted by atomic mass is 35.5. The molecule has 0 bridgehead atoms. The van der Waals surface area contributed by atoms with E-state index in [0.717, 1.165) is 12.1 Å². The van der Waals surface area contributed by atoms with Crippen molar-refractivity contribution in [3.8, 4) is 17.2 Å². The summed E-state index contributed by atoms with van der Waals surface area (Å²) in [5, 5.41) is 11.3. The lowest BCUT2D eigenvalue weighted by atomic mass is 9.77. The number of aliphatic hydroxyl groups is 1. The lowest BCUT2D eigenvalue weighted by molar-refractivity contribution is -0.274. The summed E-state index contributed by atoms with van der Waals surface area (Å²) in [5.41, 5.74) is -3.71. The molecule has 1 heterocycles. The number of carbonyl (C=O) groups is 2. The smallest absolute Gasteiger partial charge is 0.422 e. The molecule has 2 unspecified atom stereocenters. The van der Waals surface area contributed by atoms with Crippen LogP contribution in [-0.4, -0.2) is 43.9 Å². The van der Waals surface area contributed by atoms with E-state index in [4.69, 9.17) is 32.7 Å². The topological polar surface area (TPSA) is 85.3 Å². The fraction of sp³-hybridized carbons (Fsp3) is 0.259. The molecule has 0 saturated heterocycles. The van der Waals surface area contributed by atoms with Gasteiger partial charge < -0.3 is 24.2 Å². The quantitative estimate of drug-likeness (QED) is 0.334. The highest BCUT2D eigenvalue weighted by Crippen LogP contribution is 2.51. The number of benzene rings is 3.